The average molecular weight is 274 g/mol. The summed E-state index contributed by atoms with van der Waals surface area (Å²) in [5.74, 6) is 2.58. The molecular weight excluding hydrogens is 244 g/mol. The third-order valence-corrected chi connectivity index (χ3v) is 7.83. The average Bonchev–Trinajstić information content (AvgIpc) is 2.81. The molecule has 0 radical (unpaired) electrons. The molecule has 1 heteroatoms. The molecule has 3 fully saturated rings. The van der Waals surface area contributed by atoms with E-state index in [1.54, 1.807) is 0 Å². The van der Waals surface area contributed by atoms with Gasteiger partial charge in [-0.25, -0.2) is 0 Å². The Morgan fingerprint density at radius 1 is 1.05 bits per heavy atom. The van der Waals surface area contributed by atoms with Crippen LogP contribution in [0, 0.1) is 28.6 Å². The van der Waals surface area contributed by atoms with Crippen molar-refractivity contribution in [1.29, 1.82) is 0 Å². The SMILES string of the molecule is C[C@]12CCC=C1[C@H]1CC[C@@H]3C[C@H](O)CC[C@]3(C)[C@@H]1CC2. The molecule has 0 spiro atoms. The standard InChI is InChI=1S/C19H30O/c1-18-9-3-4-16(18)15-6-5-13-12-14(20)7-11-19(13,2)17(15)8-10-18/h4,13-15,17,20H,3,5-12H2,1-2H3/t13-,14-,15-,17-,18-,19+/m1/s1. The number of hydrogen-bond donors (Lipinski definition) is 1. The van der Waals surface area contributed by atoms with Gasteiger partial charge in [-0.2, -0.15) is 0 Å². The van der Waals surface area contributed by atoms with Gasteiger partial charge in [0.1, 0.15) is 0 Å². The zero-order valence-corrected chi connectivity index (χ0v) is 13.2. The number of fused-ring (bicyclic) bond motifs is 5. The van der Waals surface area contributed by atoms with Crippen LogP contribution in [0.4, 0.5) is 0 Å². The van der Waals surface area contributed by atoms with E-state index in [2.05, 4.69) is 19.9 Å². The predicted octanol–water partition coefficient (Wildman–Crippen LogP) is 4.70. The molecule has 0 aromatic carbocycles. The van der Waals surface area contributed by atoms with Gasteiger partial charge in [-0.1, -0.05) is 25.5 Å². The maximum atomic E-state index is 10.0. The Bertz CT molecular complexity index is 439. The van der Waals surface area contributed by atoms with E-state index in [0.29, 0.717) is 10.8 Å². The van der Waals surface area contributed by atoms with Crippen molar-refractivity contribution in [1.82, 2.24) is 0 Å². The predicted molar refractivity (Wildman–Crippen MR) is 82.3 cm³/mol. The van der Waals surface area contributed by atoms with Gasteiger partial charge >= 0.3 is 0 Å². The number of allylic oxidation sites excluding steroid dienone is 2. The van der Waals surface area contributed by atoms with E-state index in [0.717, 1.165) is 30.6 Å². The van der Waals surface area contributed by atoms with Gasteiger partial charge < -0.3 is 5.11 Å². The molecule has 6 atom stereocenters. The molecule has 0 unspecified atom stereocenters. The van der Waals surface area contributed by atoms with Crippen molar-refractivity contribution in [2.24, 2.45) is 28.6 Å². The van der Waals surface area contributed by atoms with Crippen molar-refractivity contribution < 1.29 is 5.11 Å². The maximum absolute atomic E-state index is 10.0. The highest BCUT2D eigenvalue weighted by Gasteiger charge is 2.55. The Labute approximate surface area is 123 Å². The van der Waals surface area contributed by atoms with E-state index in [4.69, 9.17) is 0 Å². The van der Waals surface area contributed by atoms with E-state index in [-0.39, 0.29) is 6.10 Å². The normalized spacial score (nSPS) is 54.6. The summed E-state index contributed by atoms with van der Waals surface area (Å²) in [7, 11) is 0. The monoisotopic (exact) mass is 274 g/mol. The second-order valence-corrected chi connectivity index (χ2v) is 8.72. The first-order valence-corrected chi connectivity index (χ1v) is 8.91. The van der Waals surface area contributed by atoms with Crippen LogP contribution < -0.4 is 0 Å². The molecule has 0 aliphatic heterocycles. The van der Waals surface area contributed by atoms with Gasteiger partial charge in [0.05, 0.1) is 6.10 Å². The van der Waals surface area contributed by atoms with E-state index in [1.165, 1.54) is 44.9 Å². The van der Waals surface area contributed by atoms with Crippen molar-refractivity contribution in [3.63, 3.8) is 0 Å². The van der Waals surface area contributed by atoms with Crippen molar-refractivity contribution in [3.05, 3.63) is 11.6 Å². The fraction of sp³-hybridized carbons (Fsp3) is 0.895. The van der Waals surface area contributed by atoms with Gasteiger partial charge in [-0.3, -0.25) is 0 Å². The molecule has 1 N–H and O–H groups in total. The maximum Gasteiger partial charge on any atom is 0.0543 e. The smallest absolute Gasteiger partial charge is 0.0543 e. The van der Waals surface area contributed by atoms with Crippen LogP contribution in [0.15, 0.2) is 11.6 Å². The summed E-state index contributed by atoms with van der Waals surface area (Å²) in [6, 6.07) is 0. The zero-order chi connectivity index (χ0) is 14.0. The van der Waals surface area contributed by atoms with Crippen LogP contribution in [0.3, 0.4) is 0 Å². The first-order chi connectivity index (χ1) is 9.53. The highest BCUT2D eigenvalue weighted by Crippen LogP contribution is 2.64. The molecule has 0 bridgehead atoms. The molecule has 1 nitrogen and oxygen atoms in total. The van der Waals surface area contributed by atoms with Gasteiger partial charge in [0, 0.05) is 0 Å². The van der Waals surface area contributed by atoms with Crippen LogP contribution in [0.5, 0.6) is 0 Å². The summed E-state index contributed by atoms with van der Waals surface area (Å²) in [5, 5.41) is 10.0. The molecule has 0 heterocycles. The first kappa shape index (κ1) is 13.4. The molecule has 0 saturated heterocycles. The van der Waals surface area contributed by atoms with Crippen LogP contribution in [-0.2, 0) is 0 Å². The van der Waals surface area contributed by atoms with Crippen molar-refractivity contribution in [3.8, 4) is 0 Å². The van der Waals surface area contributed by atoms with Crippen molar-refractivity contribution in [2.45, 2.75) is 77.7 Å². The first-order valence-electron chi connectivity index (χ1n) is 8.91. The Kier molecular flexibility index (Phi) is 2.91. The zero-order valence-electron chi connectivity index (χ0n) is 13.2. The van der Waals surface area contributed by atoms with Crippen LogP contribution in [0.2, 0.25) is 0 Å². The minimum Gasteiger partial charge on any atom is -0.393 e. The fourth-order valence-corrected chi connectivity index (χ4v) is 6.56. The number of aliphatic hydroxyl groups excluding tert-OH is 1. The van der Waals surface area contributed by atoms with Gasteiger partial charge in [-0.05, 0) is 86.4 Å². The molecule has 0 aromatic rings. The van der Waals surface area contributed by atoms with Crippen molar-refractivity contribution >= 4 is 0 Å². The van der Waals surface area contributed by atoms with E-state index < -0.39 is 0 Å². The fourth-order valence-electron chi connectivity index (χ4n) is 6.56. The van der Waals surface area contributed by atoms with Gasteiger partial charge in [0.2, 0.25) is 0 Å². The lowest BCUT2D eigenvalue weighted by Gasteiger charge is -2.59. The lowest BCUT2D eigenvalue weighted by Crippen LogP contribution is -2.51. The lowest BCUT2D eigenvalue weighted by atomic mass is 9.46. The molecular formula is C19H30O. The van der Waals surface area contributed by atoms with Crippen LogP contribution in [0.1, 0.15) is 71.6 Å². The van der Waals surface area contributed by atoms with Crippen LogP contribution >= 0.6 is 0 Å². The number of hydrogen-bond acceptors (Lipinski definition) is 1. The summed E-state index contributed by atoms with van der Waals surface area (Å²) in [5.41, 5.74) is 2.92. The Hall–Kier alpha value is -0.300. The molecule has 3 saturated carbocycles. The van der Waals surface area contributed by atoms with Crippen LogP contribution in [0.25, 0.3) is 0 Å². The quantitative estimate of drug-likeness (QED) is 0.635. The minimum absolute atomic E-state index is 0.0100. The molecule has 4 aliphatic rings. The van der Waals surface area contributed by atoms with Gasteiger partial charge in [-0.15, -0.1) is 0 Å². The van der Waals surface area contributed by atoms with E-state index in [1.807, 2.05) is 5.57 Å². The minimum atomic E-state index is -0.0100. The lowest BCUT2D eigenvalue weighted by molar-refractivity contribution is -0.0812. The molecule has 4 aliphatic carbocycles. The summed E-state index contributed by atoms with van der Waals surface area (Å²) in [4.78, 5) is 0. The van der Waals surface area contributed by atoms with Crippen LogP contribution in [-0.4, -0.2) is 11.2 Å². The topological polar surface area (TPSA) is 20.2 Å². The molecule has 112 valence electrons. The van der Waals surface area contributed by atoms with Gasteiger partial charge in [0.25, 0.3) is 0 Å². The summed E-state index contributed by atoms with van der Waals surface area (Å²) < 4.78 is 0. The molecule has 0 aromatic heterocycles. The highest BCUT2D eigenvalue weighted by atomic mass is 16.3. The third-order valence-electron chi connectivity index (χ3n) is 7.83. The molecule has 20 heavy (non-hydrogen) atoms. The Morgan fingerprint density at radius 2 is 1.90 bits per heavy atom. The Morgan fingerprint density at radius 3 is 2.75 bits per heavy atom. The second kappa shape index (κ2) is 4.35. The van der Waals surface area contributed by atoms with Gasteiger partial charge in [0.15, 0.2) is 0 Å². The second-order valence-electron chi connectivity index (χ2n) is 8.72. The third kappa shape index (κ3) is 1.71. The Balaban J connectivity index is 1.66. The summed E-state index contributed by atoms with van der Waals surface area (Å²) >= 11 is 0. The largest absolute Gasteiger partial charge is 0.393 e. The highest BCUT2D eigenvalue weighted by molar-refractivity contribution is 5.27. The van der Waals surface area contributed by atoms with E-state index >= 15 is 0 Å². The number of aliphatic hydroxyl groups is 1. The summed E-state index contributed by atoms with van der Waals surface area (Å²) in [6.45, 7) is 5.10. The molecule has 0 amide bonds. The summed E-state index contributed by atoms with van der Waals surface area (Å²) in [6.07, 6.45) is 14.4. The molecule has 4 rings (SSSR count). The van der Waals surface area contributed by atoms with Crippen molar-refractivity contribution in [2.75, 3.05) is 0 Å². The number of rotatable bonds is 0. The van der Waals surface area contributed by atoms with E-state index in [9.17, 15) is 5.11 Å².